The van der Waals surface area contributed by atoms with Crippen molar-refractivity contribution in [1.82, 2.24) is 0 Å². The number of hydrogen-bond acceptors (Lipinski definition) is 6. The SMILES string of the molecule is CC(C)CC(OO)(C1CCCCC1)C1CCCCC1.CC(C)CC(OO)(C1CCCCC1)C1CCCCC1.O=C(O)O.O=C(O)O. The van der Waals surface area contributed by atoms with Crippen molar-refractivity contribution < 1.29 is 50.3 Å². The van der Waals surface area contributed by atoms with Crippen LogP contribution in [-0.2, 0) is 9.78 Å². The largest absolute Gasteiger partial charge is 0.503 e. The van der Waals surface area contributed by atoms with Crippen LogP contribution in [0.3, 0.4) is 0 Å². The Hall–Kier alpha value is -1.62. The van der Waals surface area contributed by atoms with E-state index in [2.05, 4.69) is 27.7 Å². The van der Waals surface area contributed by atoms with Crippen LogP contribution in [0.1, 0.15) is 169 Å². The van der Waals surface area contributed by atoms with Gasteiger partial charge in [-0.05, 0) is 99.7 Å². The van der Waals surface area contributed by atoms with Crippen molar-refractivity contribution in [2.24, 2.45) is 35.5 Å². The van der Waals surface area contributed by atoms with Gasteiger partial charge in [-0.1, -0.05) is 105 Å². The third-order valence-corrected chi connectivity index (χ3v) is 11.0. The monoisotopic (exact) mass is 660 g/mol. The van der Waals surface area contributed by atoms with Crippen molar-refractivity contribution >= 4 is 12.3 Å². The van der Waals surface area contributed by atoms with Crippen LogP contribution in [0.25, 0.3) is 0 Å². The van der Waals surface area contributed by atoms with E-state index in [0.29, 0.717) is 35.5 Å². The number of hydrogen-bond donors (Lipinski definition) is 6. The first-order chi connectivity index (χ1) is 21.8. The van der Waals surface area contributed by atoms with Crippen LogP contribution < -0.4 is 0 Å². The van der Waals surface area contributed by atoms with Crippen LogP contribution in [-0.4, -0.2) is 54.5 Å². The molecule has 46 heavy (non-hydrogen) atoms. The van der Waals surface area contributed by atoms with Gasteiger partial charge in [0.25, 0.3) is 0 Å². The van der Waals surface area contributed by atoms with Gasteiger partial charge in [0.05, 0.1) is 0 Å². The minimum atomic E-state index is -1.83. The number of carboxylic acid groups (broad SMARTS) is 4. The molecule has 10 nitrogen and oxygen atoms in total. The zero-order valence-corrected chi connectivity index (χ0v) is 29.3. The second-order valence-corrected chi connectivity index (χ2v) is 15.2. The lowest BCUT2D eigenvalue weighted by Gasteiger charge is -2.47. The van der Waals surface area contributed by atoms with E-state index in [9.17, 15) is 10.5 Å². The molecule has 0 aromatic rings. The Bertz CT molecular complexity index is 683. The molecular weight excluding hydrogens is 592 g/mol. The summed E-state index contributed by atoms with van der Waals surface area (Å²) < 4.78 is 0. The number of carbonyl (C=O) groups is 2. The molecule has 10 heteroatoms. The minimum absolute atomic E-state index is 0.241. The predicted molar refractivity (Wildman–Crippen MR) is 179 cm³/mol. The van der Waals surface area contributed by atoms with E-state index in [4.69, 9.17) is 39.8 Å². The summed E-state index contributed by atoms with van der Waals surface area (Å²) in [4.78, 5) is 27.8. The molecule has 4 saturated carbocycles. The Morgan fingerprint density at radius 1 is 0.478 bits per heavy atom. The Morgan fingerprint density at radius 2 is 0.652 bits per heavy atom. The average Bonchev–Trinajstić information content (AvgIpc) is 3.04. The molecule has 4 aliphatic carbocycles. The topological polar surface area (TPSA) is 174 Å². The molecule has 0 bridgehead atoms. The molecule has 0 aliphatic heterocycles. The van der Waals surface area contributed by atoms with Crippen LogP contribution >= 0.6 is 0 Å². The Labute approximate surface area is 278 Å². The highest BCUT2D eigenvalue weighted by atomic mass is 17.1. The Morgan fingerprint density at radius 3 is 0.783 bits per heavy atom. The molecule has 4 aliphatic rings. The van der Waals surface area contributed by atoms with E-state index in [-0.39, 0.29) is 11.2 Å². The maximum Gasteiger partial charge on any atom is 0.503 e. The van der Waals surface area contributed by atoms with Gasteiger partial charge in [0.1, 0.15) is 11.2 Å². The molecule has 0 spiro atoms. The Kier molecular flexibility index (Phi) is 21.1. The lowest BCUT2D eigenvalue weighted by Crippen LogP contribution is -2.49. The van der Waals surface area contributed by atoms with Gasteiger partial charge in [-0.2, -0.15) is 0 Å². The Balaban J connectivity index is 0.000000374. The quantitative estimate of drug-likeness (QED) is 0.0976. The van der Waals surface area contributed by atoms with Gasteiger partial charge in [-0.25, -0.2) is 19.4 Å². The summed E-state index contributed by atoms with van der Waals surface area (Å²) in [6, 6.07) is 0. The van der Waals surface area contributed by atoms with Crippen molar-refractivity contribution in [3.63, 3.8) is 0 Å². The fraction of sp³-hybridized carbons (Fsp3) is 0.944. The average molecular weight is 661 g/mol. The lowest BCUT2D eigenvalue weighted by molar-refractivity contribution is -0.361. The summed E-state index contributed by atoms with van der Waals surface area (Å²) in [5.74, 6) is 3.51. The van der Waals surface area contributed by atoms with E-state index >= 15 is 0 Å². The van der Waals surface area contributed by atoms with E-state index in [1.54, 1.807) is 0 Å². The highest BCUT2D eigenvalue weighted by Crippen LogP contribution is 2.49. The van der Waals surface area contributed by atoms with E-state index < -0.39 is 12.3 Å². The second-order valence-electron chi connectivity index (χ2n) is 15.2. The van der Waals surface area contributed by atoms with Gasteiger partial charge in [0.15, 0.2) is 0 Å². The highest BCUT2D eigenvalue weighted by molar-refractivity contribution is 5.53. The van der Waals surface area contributed by atoms with Gasteiger partial charge in [-0.15, -0.1) is 0 Å². The van der Waals surface area contributed by atoms with Gasteiger partial charge in [0, 0.05) is 0 Å². The minimum Gasteiger partial charge on any atom is -0.450 e. The van der Waals surface area contributed by atoms with Gasteiger partial charge >= 0.3 is 12.3 Å². The highest BCUT2D eigenvalue weighted by Gasteiger charge is 2.49. The van der Waals surface area contributed by atoms with Crippen LogP contribution in [0.5, 0.6) is 0 Å². The summed E-state index contributed by atoms with van der Waals surface area (Å²) in [7, 11) is 0. The summed E-state index contributed by atoms with van der Waals surface area (Å²) in [5, 5.41) is 47.5. The predicted octanol–water partition coefficient (Wildman–Crippen LogP) is 11.3. The van der Waals surface area contributed by atoms with Crippen LogP contribution in [0.15, 0.2) is 0 Å². The third-order valence-electron chi connectivity index (χ3n) is 11.0. The van der Waals surface area contributed by atoms with Crippen LogP contribution in [0, 0.1) is 35.5 Å². The molecule has 0 amide bonds. The molecule has 0 unspecified atom stereocenters. The fourth-order valence-electron chi connectivity index (χ4n) is 9.35. The van der Waals surface area contributed by atoms with Gasteiger partial charge < -0.3 is 20.4 Å². The summed E-state index contributed by atoms with van der Waals surface area (Å²) in [6.07, 6.45) is 24.4. The van der Waals surface area contributed by atoms with Crippen molar-refractivity contribution in [1.29, 1.82) is 0 Å². The maximum atomic E-state index is 9.83. The molecule has 4 rings (SSSR count). The van der Waals surface area contributed by atoms with E-state index in [1.807, 2.05) is 0 Å². The van der Waals surface area contributed by atoms with Gasteiger partial charge in [-0.3, -0.25) is 10.5 Å². The molecule has 0 heterocycles. The molecule has 0 radical (unpaired) electrons. The fourth-order valence-corrected chi connectivity index (χ4v) is 9.35. The summed E-state index contributed by atoms with van der Waals surface area (Å²) in [6.45, 7) is 9.05. The standard InChI is InChI=1S/2C17H32O2.2CH2O3/c2*1-14(2)13-17(19-18,15-9-5-3-6-10-15)16-11-7-4-8-12-16;2*2-1(3)4/h2*14-16,18H,3-13H2,1-2H3;2*(H2,2,3,4). The zero-order valence-electron chi connectivity index (χ0n) is 29.3. The van der Waals surface area contributed by atoms with Crippen molar-refractivity contribution in [3.8, 4) is 0 Å². The smallest absolute Gasteiger partial charge is 0.450 e. The molecule has 0 aromatic heterocycles. The molecule has 4 fully saturated rings. The molecule has 0 atom stereocenters. The van der Waals surface area contributed by atoms with Gasteiger partial charge in [0.2, 0.25) is 0 Å². The zero-order chi connectivity index (χ0) is 34.6. The van der Waals surface area contributed by atoms with E-state index in [0.717, 1.165) is 12.8 Å². The second kappa shape index (κ2) is 22.9. The molecule has 0 aromatic carbocycles. The van der Waals surface area contributed by atoms with E-state index in [1.165, 1.54) is 128 Å². The third kappa shape index (κ3) is 14.7. The molecule has 272 valence electrons. The summed E-state index contributed by atoms with van der Waals surface area (Å²) >= 11 is 0. The first kappa shape index (κ1) is 42.4. The van der Waals surface area contributed by atoms with Crippen LogP contribution in [0.2, 0.25) is 0 Å². The first-order valence-electron chi connectivity index (χ1n) is 18.3. The van der Waals surface area contributed by atoms with Crippen LogP contribution in [0.4, 0.5) is 9.59 Å². The lowest BCUT2D eigenvalue weighted by atomic mass is 9.63. The molecule has 0 saturated heterocycles. The maximum absolute atomic E-state index is 9.83. The van der Waals surface area contributed by atoms with Crippen molar-refractivity contribution in [2.75, 3.05) is 0 Å². The molecule has 6 N–H and O–H groups in total. The van der Waals surface area contributed by atoms with Crippen molar-refractivity contribution in [2.45, 2.75) is 180 Å². The van der Waals surface area contributed by atoms with Crippen molar-refractivity contribution in [3.05, 3.63) is 0 Å². The molecular formula is C36H68O10. The first-order valence-corrected chi connectivity index (χ1v) is 18.3. The number of rotatable bonds is 10. The summed E-state index contributed by atoms with van der Waals surface area (Å²) in [5.41, 5.74) is -0.482. The normalized spacial score (nSPS) is 20.9.